The van der Waals surface area contributed by atoms with E-state index < -0.39 is 34.0 Å². The van der Waals surface area contributed by atoms with Gasteiger partial charge in [0, 0.05) is 0 Å². The molecular weight excluding hydrogens is 302 g/mol. The van der Waals surface area contributed by atoms with Crippen LogP contribution in [0.1, 0.15) is 25.3 Å². The van der Waals surface area contributed by atoms with Gasteiger partial charge in [0.15, 0.2) is 5.76 Å². The minimum absolute atomic E-state index is 0.103. The maximum atomic E-state index is 12.2. The first kappa shape index (κ1) is 17.1. The van der Waals surface area contributed by atoms with Crippen LogP contribution in [0.25, 0.3) is 0 Å². The minimum Gasteiger partial charge on any atom is -0.480 e. The van der Waals surface area contributed by atoms with Crippen molar-refractivity contribution in [3.05, 3.63) is 11.5 Å². The Hall–Kier alpha value is -1.94. The first-order valence-corrected chi connectivity index (χ1v) is 7.53. The highest BCUT2D eigenvalue weighted by molar-refractivity contribution is 7.89. The summed E-state index contributed by atoms with van der Waals surface area (Å²) in [6, 6.07) is -2.27. The summed E-state index contributed by atoms with van der Waals surface area (Å²) in [5.74, 6) is -1.86. The normalized spacial score (nSPS) is 14.5. The second kappa shape index (κ2) is 6.22. The van der Waals surface area contributed by atoms with Gasteiger partial charge in [-0.3, -0.25) is 9.59 Å². The number of carboxylic acid groups (broad SMARTS) is 1. The Morgan fingerprint density at radius 3 is 2.24 bits per heavy atom. The Morgan fingerprint density at radius 1 is 1.24 bits per heavy atom. The molecule has 1 heterocycles. The van der Waals surface area contributed by atoms with Crippen molar-refractivity contribution in [1.82, 2.24) is 15.2 Å². The smallest absolute Gasteiger partial charge is 0.325 e. The minimum atomic E-state index is -3.99. The SMILES string of the molecule is Cc1noc(C)c1S(=O)(=O)NC(C)C(=O)NC(C)C(=O)O. The van der Waals surface area contributed by atoms with Gasteiger partial charge >= 0.3 is 5.97 Å². The van der Waals surface area contributed by atoms with Gasteiger partial charge in [0.25, 0.3) is 0 Å². The van der Waals surface area contributed by atoms with Crippen molar-refractivity contribution in [2.24, 2.45) is 0 Å². The van der Waals surface area contributed by atoms with E-state index in [2.05, 4.69) is 15.2 Å². The second-order valence-corrected chi connectivity index (χ2v) is 6.22. The molecule has 0 saturated carbocycles. The molecule has 1 rings (SSSR count). The van der Waals surface area contributed by atoms with Crippen molar-refractivity contribution in [2.75, 3.05) is 0 Å². The summed E-state index contributed by atoms with van der Waals surface area (Å²) in [5.41, 5.74) is 0.173. The molecule has 0 fully saturated rings. The van der Waals surface area contributed by atoms with Crippen LogP contribution in [-0.4, -0.2) is 42.6 Å². The van der Waals surface area contributed by atoms with Gasteiger partial charge in [-0.1, -0.05) is 5.16 Å². The van der Waals surface area contributed by atoms with Gasteiger partial charge in [-0.25, -0.2) is 8.42 Å². The number of amides is 1. The molecule has 1 amide bonds. The van der Waals surface area contributed by atoms with E-state index in [1.165, 1.54) is 27.7 Å². The predicted molar refractivity (Wildman–Crippen MR) is 71.0 cm³/mol. The number of nitrogens with one attached hydrogen (secondary N) is 2. The quantitative estimate of drug-likeness (QED) is 0.645. The fourth-order valence-electron chi connectivity index (χ4n) is 1.60. The molecule has 0 aliphatic rings. The molecule has 1 aromatic rings. The highest BCUT2D eigenvalue weighted by atomic mass is 32.2. The summed E-state index contributed by atoms with van der Waals surface area (Å²) in [4.78, 5) is 22.2. The van der Waals surface area contributed by atoms with Gasteiger partial charge in [-0.2, -0.15) is 4.72 Å². The van der Waals surface area contributed by atoms with Crippen molar-refractivity contribution in [3.63, 3.8) is 0 Å². The molecule has 3 N–H and O–H groups in total. The van der Waals surface area contributed by atoms with Crippen LogP contribution in [0.4, 0.5) is 0 Å². The number of carbonyl (C=O) groups is 2. The van der Waals surface area contributed by atoms with Crippen LogP contribution < -0.4 is 10.0 Å². The molecule has 1 aromatic heterocycles. The molecule has 0 bridgehead atoms. The molecular formula is C11H17N3O6S. The van der Waals surface area contributed by atoms with E-state index in [1.807, 2.05) is 0 Å². The molecule has 0 saturated heterocycles. The Balaban J connectivity index is 2.85. The van der Waals surface area contributed by atoms with Crippen molar-refractivity contribution in [2.45, 2.75) is 44.7 Å². The Bertz CT molecular complexity index is 631. The maximum absolute atomic E-state index is 12.2. The Kier molecular flexibility index (Phi) is 5.07. The summed E-state index contributed by atoms with van der Waals surface area (Å²) in [7, 11) is -3.99. The van der Waals surface area contributed by atoms with E-state index >= 15 is 0 Å². The zero-order valence-electron chi connectivity index (χ0n) is 12.0. The summed E-state index contributed by atoms with van der Waals surface area (Å²) >= 11 is 0. The van der Waals surface area contributed by atoms with Crippen molar-refractivity contribution >= 4 is 21.9 Å². The largest absolute Gasteiger partial charge is 0.480 e. The average Bonchev–Trinajstić information content (AvgIpc) is 2.68. The van der Waals surface area contributed by atoms with E-state index in [9.17, 15) is 18.0 Å². The lowest BCUT2D eigenvalue weighted by atomic mass is 10.3. The van der Waals surface area contributed by atoms with Crippen LogP contribution in [0.2, 0.25) is 0 Å². The van der Waals surface area contributed by atoms with Gasteiger partial charge in [0.05, 0.1) is 6.04 Å². The molecule has 118 valence electrons. The standard InChI is InChI=1S/C11H17N3O6S/c1-5-9(8(4)20-13-5)21(18,19)14-6(2)10(15)12-7(3)11(16)17/h6-7,14H,1-4H3,(H,12,15)(H,16,17). The van der Waals surface area contributed by atoms with Crippen molar-refractivity contribution in [1.29, 1.82) is 0 Å². The molecule has 9 nitrogen and oxygen atoms in total. The number of rotatable bonds is 6. The highest BCUT2D eigenvalue weighted by Gasteiger charge is 2.29. The number of carbonyl (C=O) groups excluding carboxylic acids is 1. The zero-order valence-corrected chi connectivity index (χ0v) is 12.8. The van der Waals surface area contributed by atoms with Gasteiger partial charge in [0.2, 0.25) is 15.9 Å². The third kappa shape index (κ3) is 4.02. The third-order valence-corrected chi connectivity index (χ3v) is 4.48. The number of hydrogen-bond donors (Lipinski definition) is 3. The lowest BCUT2D eigenvalue weighted by Gasteiger charge is -2.16. The van der Waals surface area contributed by atoms with E-state index in [1.54, 1.807) is 0 Å². The molecule has 0 radical (unpaired) electrons. The molecule has 0 spiro atoms. The number of carboxylic acids is 1. The van der Waals surface area contributed by atoms with E-state index in [0.717, 1.165) is 0 Å². The van der Waals surface area contributed by atoms with E-state index in [4.69, 9.17) is 9.63 Å². The molecule has 21 heavy (non-hydrogen) atoms. The summed E-state index contributed by atoms with van der Waals surface area (Å²) in [5, 5.41) is 14.4. The van der Waals surface area contributed by atoms with Crippen molar-refractivity contribution in [3.8, 4) is 0 Å². The lowest BCUT2D eigenvalue weighted by molar-refractivity contribution is -0.141. The Morgan fingerprint density at radius 2 is 1.81 bits per heavy atom. The molecule has 0 aromatic carbocycles. The number of sulfonamides is 1. The lowest BCUT2D eigenvalue weighted by Crippen LogP contribution is -2.49. The van der Waals surface area contributed by atoms with Crippen LogP contribution in [0.15, 0.2) is 9.42 Å². The van der Waals surface area contributed by atoms with Crippen LogP contribution >= 0.6 is 0 Å². The van der Waals surface area contributed by atoms with Crippen LogP contribution in [-0.2, 0) is 19.6 Å². The maximum Gasteiger partial charge on any atom is 0.325 e. The average molecular weight is 319 g/mol. The predicted octanol–water partition coefficient (Wildman–Crippen LogP) is -0.452. The molecule has 0 aliphatic heterocycles. The van der Waals surface area contributed by atoms with E-state index in [-0.39, 0.29) is 16.3 Å². The third-order valence-electron chi connectivity index (χ3n) is 2.69. The number of aromatic nitrogens is 1. The summed E-state index contributed by atoms with van der Waals surface area (Å²) in [6.45, 7) is 5.48. The number of nitrogens with zero attached hydrogens (tertiary/aromatic N) is 1. The number of hydrogen-bond acceptors (Lipinski definition) is 6. The monoisotopic (exact) mass is 319 g/mol. The topological polar surface area (TPSA) is 139 Å². The second-order valence-electron chi connectivity index (χ2n) is 4.56. The van der Waals surface area contributed by atoms with Crippen LogP contribution in [0.3, 0.4) is 0 Å². The molecule has 0 aliphatic carbocycles. The van der Waals surface area contributed by atoms with E-state index in [0.29, 0.717) is 0 Å². The zero-order chi connectivity index (χ0) is 16.4. The Labute approximate surface area is 121 Å². The first-order valence-electron chi connectivity index (χ1n) is 6.04. The summed E-state index contributed by atoms with van der Waals surface area (Å²) in [6.07, 6.45) is 0. The van der Waals surface area contributed by atoms with Gasteiger partial charge in [-0.15, -0.1) is 0 Å². The number of aliphatic carboxylic acids is 1. The summed E-state index contributed by atoms with van der Waals surface area (Å²) < 4.78 is 31.2. The van der Waals surface area contributed by atoms with Crippen LogP contribution in [0.5, 0.6) is 0 Å². The van der Waals surface area contributed by atoms with Crippen LogP contribution in [0, 0.1) is 13.8 Å². The van der Waals surface area contributed by atoms with Crippen molar-refractivity contribution < 1.29 is 27.6 Å². The van der Waals surface area contributed by atoms with Gasteiger partial charge in [0.1, 0.15) is 16.6 Å². The molecule has 2 atom stereocenters. The van der Waals surface area contributed by atoms with Gasteiger partial charge in [-0.05, 0) is 27.7 Å². The highest BCUT2D eigenvalue weighted by Crippen LogP contribution is 2.18. The molecule has 2 unspecified atom stereocenters. The fourth-order valence-corrected chi connectivity index (χ4v) is 3.14. The van der Waals surface area contributed by atoms with Gasteiger partial charge < -0.3 is 14.9 Å². The fraction of sp³-hybridized carbons (Fsp3) is 0.545. The molecule has 10 heteroatoms. The number of aryl methyl sites for hydroxylation is 2. The first-order chi connectivity index (χ1) is 9.56.